The number of hydrogen-bond acceptors (Lipinski definition) is 2. The molecule has 1 unspecified atom stereocenters. The summed E-state index contributed by atoms with van der Waals surface area (Å²) in [4.78, 5) is 2.27. The van der Waals surface area contributed by atoms with Gasteiger partial charge in [-0.15, -0.1) is 0 Å². The van der Waals surface area contributed by atoms with Gasteiger partial charge in [-0.1, -0.05) is 0 Å². The van der Waals surface area contributed by atoms with Crippen LogP contribution in [0.5, 0.6) is 0 Å². The molecule has 4 N–H and O–H groups in total. The summed E-state index contributed by atoms with van der Waals surface area (Å²) in [5, 5.41) is 9.89. The second-order valence-corrected chi connectivity index (χ2v) is 3.63. The lowest BCUT2D eigenvalue weighted by atomic mass is 9.95. The molecule has 0 spiro atoms. The first-order chi connectivity index (χ1) is 5.16. The first-order valence-electron chi connectivity index (χ1n) is 4.36. The van der Waals surface area contributed by atoms with Gasteiger partial charge in [-0.25, -0.2) is 0 Å². The Hall–Kier alpha value is -0.120. The molecule has 1 aliphatic rings. The Labute approximate surface area is 68.2 Å². The number of aliphatic hydroxyl groups is 1. The van der Waals surface area contributed by atoms with Crippen LogP contribution < -0.4 is 5.73 Å². The van der Waals surface area contributed by atoms with Crippen molar-refractivity contribution in [1.82, 2.24) is 4.90 Å². The molecule has 1 aliphatic heterocycles. The molecule has 0 bridgehead atoms. The molecule has 66 valence electrons. The van der Waals surface area contributed by atoms with E-state index in [9.17, 15) is 5.11 Å². The van der Waals surface area contributed by atoms with Crippen molar-refractivity contribution in [1.29, 1.82) is 0 Å². The lowest BCUT2D eigenvalue weighted by Crippen LogP contribution is -2.61. The average molecular weight is 159 g/mol. The Morgan fingerprint density at radius 1 is 1.45 bits per heavy atom. The van der Waals surface area contributed by atoms with Gasteiger partial charge in [0.2, 0.25) is 0 Å². The van der Waals surface area contributed by atoms with E-state index in [1.165, 1.54) is 0 Å². The van der Waals surface area contributed by atoms with Gasteiger partial charge in [-0.05, 0) is 32.9 Å². The third-order valence-electron chi connectivity index (χ3n) is 2.61. The number of quaternary nitrogens is 1. The van der Waals surface area contributed by atoms with Crippen molar-refractivity contribution in [2.45, 2.75) is 24.9 Å². The van der Waals surface area contributed by atoms with Crippen LogP contribution in [0.15, 0.2) is 0 Å². The van der Waals surface area contributed by atoms with Crippen LogP contribution in [0.1, 0.15) is 19.3 Å². The van der Waals surface area contributed by atoms with E-state index in [4.69, 9.17) is 0 Å². The molecular weight excluding hydrogens is 140 g/mol. The first-order valence-corrected chi connectivity index (χ1v) is 4.36. The number of nitrogens with zero attached hydrogens (tertiary/aromatic N) is 1. The molecule has 1 fully saturated rings. The fraction of sp³-hybridized carbons (Fsp3) is 1.00. The van der Waals surface area contributed by atoms with E-state index < -0.39 is 5.60 Å². The molecule has 0 aromatic carbocycles. The monoisotopic (exact) mass is 159 g/mol. The maximum absolute atomic E-state index is 9.89. The number of hydrogen-bond donors (Lipinski definition) is 2. The largest absolute Gasteiger partial charge is 0.384 e. The van der Waals surface area contributed by atoms with Crippen molar-refractivity contribution < 1.29 is 10.8 Å². The van der Waals surface area contributed by atoms with E-state index in [0.717, 1.165) is 32.4 Å². The Balaban J connectivity index is 2.45. The van der Waals surface area contributed by atoms with Gasteiger partial charge in [-0.2, -0.15) is 0 Å². The molecule has 0 amide bonds. The van der Waals surface area contributed by atoms with Gasteiger partial charge in [0.25, 0.3) is 0 Å². The van der Waals surface area contributed by atoms with Crippen LogP contribution in [-0.2, 0) is 0 Å². The van der Waals surface area contributed by atoms with Crippen LogP contribution in [0, 0.1) is 0 Å². The van der Waals surface area contributed by atoms with Crippen LogP contribution in [0.4, 0.5) is 0 Å². The van der Waals surface area contributed by atoms with Crippen molar-refractivity contribution in [2.75, 3.05) is 26.7 Å². The Morgan fingerprint density at radius 3 is 2.82 bits per heavy atom. The molecule has 3 heteroatoms. The lowest BCUT2D eigenvalue weighted by Gasteiger charge is -2.21. The van der Waals surface area contributed by atoms with E-state index in [1.807, 2.05) is 0 Å². The quantitative estimate of drug-likeness (QED) is 0.519. The zero-order chi connectivity index (χ0) is 8.32. The van der Waals surface area contributed by atoms with Crippen LogP contribution in [0.2, 0.25) is 0 Å². The molecule has 0 aromatic heterocycles. The topological polar surface area (TPSA) is 51.1 Å². The van der Waals surface area contributed by atoms with Crippen LogP contribution in [0.25, 0.3) is 0 Å². The van der Waals surface area contributed by atoms with E-state index >= 15 is 0 Å². The summed E-state index contributed by atoms with van der Waals surface area (Å²) in [7, 11) is 2.11. The van der Waals surface area contributed by atoms with E-state index in [0.29, 0.717) is 6.54 Å². The van der Waals surface area contributed by atoms with Gasteiger partial charge in [-0.3, -0.25) is 0 Å². The minimum absolute atomic E-state index is 0.467. The van der Waals surface area contributed by atoms with Gasteiger partial charge < -0.3 is 15.7 Å². The van der Waals surface area contributed by atoms with E-state index in [-0.39, 0.29) is 0 Å². The molecule has 1 heterocycles. The van der Waals surface area contributed by atoms with E-state index in [2.05, 4.69) is 17.7 Å². The summed E-state index contributed by atoms with van der Waals surface area (Å²) in [6.07, 6.45) is 2.90. The SMILES string of the molecule is CN1CCCC(O)(C[NH3+])CC1. The normalized spacial score (nSPS) is 35.2. The van der Waals surface area contributed by atoms with Crippen molar-refractivity contribution in [3.63, 3.8) is 0 Å². The number of likely N-dealkylation sites (tertiary alicyclic amines) is 1. The highest BCUT2D eigenvalue weighted by atomic mass is 16.3. The lowest BCUT2D eigenvalue weighted by molar-refractivity contribution is -0.400. The zero-order valence-electron chi connectivity index (χ0n) is 7.34. The Morgan fingerprint density at radius 2 is 2.18 bits per heavy atom. The predicted molar refractivity (Wildman–Crippen MR) is 44.1 cm³/mol. The minimum atomic E-state index is -0.467. The molecule has 11 heavy (non-hydrogen) atoms. The average Bonchev–Trinajstić information content (AvgIpc) is 2.15. The van der Waals surface area contributed by atoms with Crippen molar-refractivity contribution in [2.24, 2.45) is 0 Å². The summed E-state index contributed by atoms with van der Waals surface area (Å²) in [6.45, 7) is 2.77. The molecule has 1 atom stereocenters. The van der Waals surface area contributed by atoms with Crippen LogP contribution in [-0.4, -0.2) is 42.3 Å². The standard InChI is InChI=1S/C8H18N2O/c1-10-5-2-3-8(11,7-9)4-6-10/h11H,2-7,9H2,1H3/p+1. The fourth-order valence-corrected chi connectivity index (χ4v) is 1.56. The first kappa shape index (κ1) is 8.97. The molecule has 3 nitrogen and oxygen atoms in total. The smallest absolute Gasteiger partial charge is 0.114 e. The highest BCUT2D eigenvalue weighted by molar-refractivity contribution is 4.81. The predicted octanol–water partition coefficient (Wildman–Crippen LogP) is -0.925. The van der Waals surface area contributed by atoms with Gasteiger partial charge >= 0.3 is 0 Å². The summed E-state index contributed by atoms with van der Waals surface area (Å²) < 4.78 is 0. The van der Waals surface area contributed by atoms with Gasteiger partial charge in [0.15, 0.2) is 0 Å². The van der Waals surface area contributed by atoms with Gasteiger partial charge in [0, 0.05) is 6.54 Å². The molecule has 1 saturated heterocycles. The van der Waals surface area contributed by atoms with Gasteiger partial charge in [0.05, 0.1) is 0 Å². The minimum Gasteiger partial charge on any atom is -0.384 e. The maximum Gasteiger partial charge on any atom is 0.114 e. The second kappa shape index (κ2) is 3.52. The molecule has 0 radical (unpaired) electrons. The summed E-state index contributed by atoms with van der Waals surface area (Å²) >= 11 is 0. The molecule has 0 saturated carbocycles. The van der Waals surface area contributed by atoms with Gasteiger partial charge in [0.1, 0.15) is 12.1 Å². The molecule has 0 aliphatic carbocycles. The van der Waals surface area contributed by atoms with Crippen LogP contribution >= 0.6 is 0 Å². The highest BCUT2D eigenvalue weighted by Crippen LogP contribution is 2.19. The van der Waals surface area contributed by atoms with Crippen molar-refractivity contribution in [3.05, 3.63) is 0 Å². The highest BCUT2D eigenvalue weighted by Gasteiger charge is 2.29. The Bertz CT molecular complexity index is 129. The second-order valence-electron chi connectivity index (χ2n) is 3.63. The molecule has 0 aromatic rings. The maximum atomic E-state index is 9.89. The summed E-state index contributed by atoms with van der Waals surface area (Å²) in [5.74, 6) is 0. The zero-order valence-corrected chi connectivity index (χ0v) is 7.34. The van der Waals surface area contributed by atoms with Crippen molar-refractivity contribution in [3.8, 4) is 0 Å². The third-order valence-corrected chi connectivity index (χ3v) is 2.61. The molecular formula is C8H19N2O+. The fourth-order valence-electron chi connectivity index (χ4n) is 1.56. The third kappa shape index (κ3) is 2.43. The molecule has 1 rings (SSSR count). The summed E-state index contributed by atoms with van der Waals surface area (Å²) in [5.41, 5.74) is 3.31. The van der Waals surface area contributed by atoms with Crippen LogP contribution in [0.3, 0.4) is 0 Å². The van der Waals surface area contributed by atoms with E-state index in [1.54, 1.807) is 0 Å². The van der Waals surface area contributed by atoms with Crippen molar-refractivity contribution >= 4 is 0 Å². The Kier molecular flexibility index (Phi) is 2.87. The number of rotatable bonds is 1. The summed E-state index contributed by atoms with van der Waals surface area (Å²) in [6, 6.07) is 0.